The molecule has 2 rings (SSSR count). The first-order valence-electron chi connectivity index (χ1n) is 4.37. The van der Waals surface area contributed by atoms with Crippen molar-refractivity contribution >= 4 is 6.29 Å². The van der Waals surface area contributed by atoms with Gasteiger partial charge in [0.1, 0.15) is 5.75 Å². The lowest BCUT2D eigenvalue weighted by atomic mass is 10.3. The van der Waals surface area contributed by atoms with Gasteiger partial charge in [-0.25, -0.2) is 8.78 Å². The summed E-state index contributed by atoms with van der Waals surface area (Å²) >= 11 is 0. The Morgan fingerprint density at radius 2 is 1.94 bits per heavy atom. The van der Waals surface area contributed by atoms with E-state index < -0.39 is 11.6 Å². The SMILES string of the molecule is O=Cc1ccc(Oc2ccc(F)c(F)c2)o1. The third kappa shape index (κ3) is 2.08. The fourth-order valence-corrected chi connectivity index (χ4v) is 1.11. The van der Waals surface area contributed by atoms with E-state index in [0.29, 0.717) is 6.29 Å². The van der Waals surface area contributed by atoms with Crippen LogP contribution in [-0.4, -0.2) is 6.29 Å². The van der Waals surface area contributed by atoms with Gasteiger partial charge in [0.2, 0.25) is 0 Å². The van der Waals surface area contributed by atoms with Crippen molar-refractivity contribution in [2.45, 2.75) is 0 Å². The highest BCUT2D eigenvalue weighted by Gasteiger charge is 2.06. The number of carbonyl (C=O) groups is 1. The summed E-state index contributed by atoms with van der Waals surface area (Å²) in [6.45, 7) is 0. The van der Waals surface area contributed by atoms with Crippen LogP contribution in [0.15, 0.2) is 34.7 Å². The summed E-state index contributed by atoms with van der Waals surface area (Å²) in [4.78, 5) is 10.3. The van der Waals surface area contributed by atoms with Gasteiger partial charge in [0, 0.05) is 12.1 Å². The van der Waals surface area contributed by atoms with Gasteiger partial charge in [-0.05, 0) is 18.2 Å². The second-order valence-corrected chi connectivity index (χ2v) is 2.95. The Balaban J connectivity index is 2.20. The van der Waals surface area contributed by atoms with Crippen molar-refractivity contribution in [1.82, 2.24) is 0 Å². The van der Waals surface area contributed by atoms with E-state index in [1.165, 1.54) is 18.2 Å². The minimum Gasteiger partial charge on any atom is -0.426 e. The molecule has 3 nitrogen and oxygen atoms in total. The predicted molar refractivity (Wildman–Crippen MR) is 50.5 cm³/mol. The molecule has 1 heterocycles. The van der Waals surface area contributed by atoms with Gasteiger partial charge in [-0.1, -0.05) is 0 Å². The summed E-state index contributed by atoms with van der Waals surface area (Å²) in [5.74, 6) is -1.75. The second-order valence-electron chi connectivity index (χ2n) is 2.95. The summed E-state index contributed by atoms with van der Waals surface area (Å²) < 4.78 is 35.4. The largest absolute Gasteiger partial charge is 0.426 e. The zero-order valence-corrected chi connectivity index (χ0v) is 7.94. The zero-order chi connectivity index (χ0) is 11.5. The normalized spacial score (nSPS) is 10.1. The number of aldehydes is 1. The number of rotatable bonds is 3. The van der Waals surface area contributed by atoms with E-state index in [9.17, 15) is 13.6 Å². The Hall–Kier alpha value is -2.17. The number of hydrogen-bond donors (Lipinski definition) is 0. The minimum atomic E-state index is -1.01. The maximum Gasteiger partial charge on any atom is 0.290 e. The Morgan fingerprint density at radius 1 is 1.12 bits per heavy atom. The molecule has 0 fully saturated rings. The number of carbonyl (C=O) groups excluding carboxylic acids is 1. The van der Waals surface area contributed by atoms with E-state index in [2.05, 4.69) is 0 Å². The van der Waals surface area contributed by atoms with Crippen LogP contribution in [0.2, 0.25) is 0 Å². The number of hydrogen-bond acceptors (Lipinski definition) is 3. The molecule has 82 valence electrons. The quantitative estimate of drug-likeness (QED) is 0.751. The van der Waals surface area contributed by atoms with Crippen LogP contribution in [0.4, 0.5) is 8.78 Å². The van der Waals surface area contributed by atoms with Crippen LogP contribution >= 0.6 is 0 Å². The Labute approximate surface area is 89.3 Å². The van der Waals surface area contributed by atoms with E-state index in [0.717, 1.165) is 12.1 Å². The predicted octanol–water partition coefficient (Wildman–Crippen LogP) is 3.16. The van der Waals surface area contributed by atoms with Gasteiger partial charge in [0.05, 0.1) is 0 Å². The maximum absolute atomic E-state index is 12.8. The van der Waals surface area contributed by atoms with Gasteiger partial charge < -0.3 is 9.15 Å². The molecule has 2 aromatic rings. The number of furan rings is 1. The van der Waals surface area contributed by atoms with Gasteiger partial charge in [0.25, 0.3) is 5.95 Å². The third-order valence-electron chi connectivity index (χ3n) is 1.83. The molecule has 0 aliphatic rings. The maximum atomic E-state index is 12.8. The van der Waals surface area contributed by atoms with Crippen LogP contribution in [0.1, 0.15) is 10.6 Å². The van der Waals surface area contributed by atoms with Crippen molar-refractivity contribution in [1.29, 1.82) is 0 Å². The van der Waals surface area contributed by atoms with Crippen molar-refractivity contribution < 1.29 is 22.7 Å². The molecular formula is C11H6F2O3. The van der Waals surface area contributed by atoms with Crippen LogP contribution < -0.4 is 4.74 Å². The van der Waals surface area contributed by atoms with Gasteiger partial charge in [-0.3, -0.25) is 4.79 Å². The molecule has 1 aromatic heterocycles. The summed E-state index contributed by atoms with van der Waals surface area (Å²) in [6, 6.07) is 5.89. The fraction of sp³-hybridized carbons (Fsp3) is 0. The van der Waals surface area contributed by atoms with Crippen molar-refractivity contribution in [3.63, 3.8) is 0 Å². The lowest BCUT2D eigenvalue weighted by molar-refractivity contribution is 0.109. The molecule has 1 aromatic carbocycles. The molecule has 0 atom stereocenters. The van der Waals surface area contributed by atoms with Gasteiger partial charge in [-0.15, -0.1) is 0 Å². The minimum absolute atomic E-state index is 0.0353. The van der Waals surface area contributed by atoms with E-state index in [1.807, 2.05) is 0 Å². The summed E-state index contributed by atoms with van der Waals surface area (Å²) in [7, 11) is 0. The van der Waals surface area contributed by atoms with Crippen LogP contribution in [0.3, 0.4) is 0 Å². The highest BCUT2D eigenvalue weighted by molar-refractivity contribution is 5.70. The van der Waals surface area contributed by atoms with Crippen LogP contribution in [0.5, 0.6) is 11.7 Å². The molecule has 0 saturated carbocycles. The molecule has 0 amide bonds. The highest BCUT2D eigenvalue weighted by Crippen LogP contribution is 2.24. The Bertz CT molecular complexity index is 520. The molecule has 0 bridgehead atoms. The van der Waals surface area contributed by atoms with Gasteiger partial charge in [-0.2, -0.15) is 0 Å². The molecule has 16 heavy (non-hydrogen) atoms. The van der Waals surface area contributed by atoms with E-state index in [-0.39, 0.29) is 17.5 Å². The van der Waals surface area contributed by atoms with Crippen LogP contribution in [-0.2, 0) is 0 Å². The molecule has 0 spiro atoms. The van der Waals surface area contributed by atoms with E-state index in [4.69, 9.17) is 9.15 Å². The van der Waals surface area contributed by atoms with Crippen molar-refractivity contribution in [3.8, 4) is 11.7 Å². The zero-order valence-electron chi connectivity index (χ0n) is 7.94. The molecule has 5 heteroatoms. The van der Waals surface area contributed by atoms with Gasteiger partial charge >= 0.3 is 0 Å². The average molecular weight is 224 g/mol. The molecule has 0 saturated heterocycles. The number of benzene rings is 1. The lowest BCUT2D eigenvalue weighted by Crippen LogP contribution is -1.86. The lowest BCUT2D eigenvalue weighted by Gasteiger charge is -2.01. The molecule has 0 aliphatic heterocycles. The molecule has 0 aliphatic carbocycles. The topological polar surface area (TPSA) is 39.4 Å². The van der Waals surface area contributed by atoms with Crippen LogP contribution in [0, 0.1) is 11.6 Å². The molecule has 0 radical (unpaired) electrons. The summed E-state index contributed by atoms with van der Waals surface area (Å²) in [6.07, 6.45) is 0.512. The van der Waals surface area contributed by atoms with Crippen molar-refractivity contribution in [2.24, 2.45) is 0 Å². The smallest absolute Gasteiger partial charge is 0.290 e. The Kier molecular flexibility index (Phi) is 2.68. The number of halogens is 2. The van der Waals surface area contributed by atoms with Crippen molar-refractivity contribution in [2.75, 3.05) is 0 Å². The monoisotopic (exact) mass is 224 g/mol. The number of ether oxygens (including phenoxy) is 1. The standard InChI is InChI=1S/C11H6F2O3/c12-9-3-1-7(5-10(9)13)15-11-4-2-8(6-14)16-11/h1-6H. The second kappa shape index (κ2) is 4.14. The summed E-state index contributed by atoms with van der Waals surface area (Å²) in [5.41, 5.74) is 0. The molecule has 0 unspecified atom stereocenters. The van der Waals surface area contributed by atoms with E-state index in [1.54, 1.807) is 0 Å². The molecular weight excluding hydrogens is 218 g/mol. The molecule has 0 N–H and O–H groups in total. The average Bonchev–Trinajstić information content (AvgIpc) is 2.71. The van der Waals surface area contributed by atoms with Crippen molar-refractivity contribution in [3.05, 3.63) is 47.7 Å². The van der Waals surface area contributed by atoms with Gasteiger partial charge in [0.15, 0.2) is 23.7 Å². The third-order valence-corrected chi connectivity index (χ3v) is 1.83. The summed E-state index contributed by atoms with van der Waals surface area (Å²) in [5, 5.41) is 0. The first-order valence-corrected chi connectivity index (χ1v) is 4.37. The first-order chi connectivity index (χ1) is 7.69. The first kappa shape index (κ1) is 10.4. The Morgan fingerprint density at radius 3 is 2.56 bits per heavy atom. The fourth-order valence-electron chi connectivity index (χ4n) is 1.11. The van der Waals surface area contributed by atoms with E-state index >= 15 is 0 Å². The van der Waals surface area contributed by atoms with Crippen LogP contribution in [0.25, 0.3) is 0 Å². The highest BCUT2D eigenvalue weighted by atomic mass is 19.2.